The van der Waals surface area contributed by atoms with Gasteiger partial charge in [-0.2, -0.15) is 0 Å². The number of fused-ring (bicyclic) bond motifs is 1. The van der Waals surface area contributed by atoms with Crippen molar-refractivity contribution in [2.24, 2.45) is 0 Å². The maximum Gasteiger partial charge on any atom is 0.274 e. The largest absolute Gasteiger partial charge is 0.325 e. The zero-order valence-corrected chi connectivity index (χ0v) is 13.5. The van der Waals surface area contributed by atoms with Crippen LogP contribution in [0.4, 0.5) is 5.69 Å². The Labute approximate surface area is 144 Å². The van der Waals surface area contributed by atoms with Crippen LogP contribution in [0.1, 0.15) is 21.5 Å². The summed E-state index contributed by atoms with van der Waals surface area (Å²) in [5.41, 5.74) is 4.33. The summed E-state index contributed by atoms with van der Waals surface area (Å²) in [6.45, 7) is 1.22. The lowest BCUT2D eigenvalue weighted by atomic mass is 10.1. The summed E-state index contributed by atoms with van der Waals surface area (Å²) in [6, 6.07) is 12.4. The molecule has 0 atom stereocenters. The fraction of sp³-hybridized carbons (Fsp3) is 0.176. The summed E-state index contributed by atoms with van der Waals surface area (Å²) >= 11 is 6.20. The highest BCUT2D eigenvalue weighted by atomic mass is 35.5. The first-order valence-electron chi connectivity index (χ1n) is 7.40. The average molecular weight is 346 g/mol. The molecular formula is C17H16ClN3O3. The first-order valence-corrected chi connectivity index (χ1v) is 7.77. The van der Waals surface area contributed by atoms with E-state index in [-0.39, 0.29) is 12.5 Å². The van der Waals surface area contributed by atoms with Crippen molar-refractivity contribution in [3.63, 3.8) is 0 Å². The van der Waals surface area contributed by atoms with E-state index in [0.29, 0.717) is 29.4 Å². The second-order valence-electron chi connectivity index (χ2n) is 5.60. The summed E-state index contributed by atoms with van der Waals surface area (Å²) in [4.78, 5) is 25.6. The molecule has 0 radical (unpaired) electrons. The van der Waals surface area contributed by atoms with Crippen molar-refractivity contribution in [3.05, 3.63) is 64.2 Å². The maximum absolute atomic E-state index is 12.1. The number of rotatable bonds is 3. The molecule has 6 nitrogen and oxygen atoms in total. The summed E-state index contributed by atoms with van der Waals surface area (Å²) in [5.74, 6) is -0.716. The molecule has 0 spiro atoms. The van der Waals surface area contributed by atoms with Crippen LogP contribution in [0.2, 0.25) is 5.02 Å². The lowest BCUT2D eigenvalue weighted by Gasteiger charge is -2.20. The van der Waals surface area contributed by atoms with Gasteiger partial charge >= 0.3 is 0 Å². The van der Waals surface area contributed by atoms with Crippen LogP contribution in [-0.2, 0) is 17.9 Å². The number of carbonyl (C=O) groups excluding carboxylic acids is 2. The quantitative estimate of drug-likeness (QED) is 0.589. The van der Waals surface area contributed by atoms with Crippen molar-refractivity contribution >= 4 is 29.1 Å². The van der Waals surface area contributed by atoms with Crippen molar-refractivity contribution in [1.29, 1.82) is 0 Å². The molecule has 0 bridgehead atoms. The van der Waals surface area contributed by atoms with E-state index in [2.05, 4.69) is 5.32 Å². The van der Waals surface area contributed by atoms with Gasteiger partial charge < -0.3 is 5.32 Å². The van der Waals surface area contributed by atoms with Gasteiger partial charge in [0.2, 0.25) is 5.91 Å². The van der Waals surface area contributed by atoms with Crippen LogP contribution in [0.3, 0.4) is 0 Å². The van der Waals surface area contributed by atoms with Gasteiger partial charge in [-0.25, -0.2) is 5.48 Å². The second kappa shape index (κ2) is 7.00. The van der Waals surface area contributed by atoms with E-state index in [9.17, 15) is 9.59 Å². The molecule has 124 valence electrons. The molecule has 3 rings (SSSR count). The average Bonchev–Trinajstić information content (AvgIpc) is 2.72. The van der Waals surface area contributed by atoms with Gasteiger partial charge in [-0.15, -0.1) is 0 Å². The van der Waals surface area contributed by atoms with E-state index in [1.807, 2.05) is 29.2 Å². The number of amides is 2. The second-order valence-corrected chi connectivity index (χ2v) is 6.00. The Morgan fingerprint density at radius 2 is 2.04 bits per heavy atom. The van der Waals surface area contributed by atoms with Crippen molar-refractivity contribution in [2.75, 3.05) is 11.9 Å². The first-order chi connectivity index (χ1) is 11.6. The van der Waals surface area contributed by atoms with Crippen molar-refractivity contribution in [2.45, 2.75) is 13.1 Å². The molecule has 0 aliphatic carbocycles. The molecule has 1 heterocycles. The SMILES string of the molecule is O=C1CN(Cc2ccccc2Cl)Cc2cc(C(=O)NO)ccc2N1. The molecule has 0 saturated carbocycles. The summed E-state index contributed by atoms with van der Waals surface area (Å²) < 4.78 is 0. The Morgan fingerprint density at radius 1 is 1.25 bits per heavy atom. The molecule has 3 N–H and O–H groups in total. The zero-order valence-electron chi connectivity index (χ0n) is 12.8. The third-order valence-corrected chi connectivity index (χ3v) is 4.22. The van der Waals surface area contributed by atoms with Gasteiger partial charge in [0.25, 0.3) is 5.91 Å². The minimum Gasteiger partial charge on any atom is -0.325 e. The monoisotopic (exact) mass is 345 g/mol. The van der Waals surface area contributed by atoms with Crippen LogP contribution in [0.25, 0.3) is 0 Å². The smallest absolute Gasteiger partial charge is 0.274 e. The van der Waals surface area contributed by atoms with Crippen LogP contribution in [0.15, 0.2) is 42.5 Å². The molecule has 7 heteroatoms. The molecule has 1 aliphatic heterocycles. The fourth-order valence-corrected chi connectivity index (χ4v) is 2.92. The number of hydrogen-bond donors (Lipinski definition) is 3. The Kier molecular flexibility index (Phi) is 4.80. The summed E-state index contributed by atoms with van der Waals surface area (Å²) in [5, 5.41) is 12.3. The van der Waals surface area contributed by atoms with Gasteiger partial charge in [-0.3, -0.25) is 19.7 Å². The van der Waals surface area contributed by atoms with Gasteiger partial charge in [0.05, 0.1) is 6.54 Å². The lowest BCUT2D eigenvalue weighted by Crippen LogP contribution is -2.29. The van der Waals surface area contributed by atoms with E-state index in [1.165, 1.54) is 0 Å². The van der Waals surface area contributed by atoms with Crippen molar-refractivity contribution in [3.8, 4) is 0 Å². The predicted octanol–water partition coefficient (Wildman–Crippen LogP) is 2.41. The van der Waals surface area contributed by atoms with E-state index in [0.717, 1.165) is 11.1 Å². The number of nitrogens with one attached hydrogen (secondary N) is 2. The van der Waals surface area contributed by atoms with E-state index < -0.39 is 5.91 Å². The van der Waals surface area contributed by atoms with Gasteiger partial charge in [0.15, 0.2) is 0 Å². The Morgan fingerprint density at radius 3 is 2.79 bits per heavy atom. The molecule has 24 heavy (non-hydrogen) atoms. The standard InChI is InChI=1S/C17H16ClN3O3/c18-14-4-2-1-3-12(14)8-21-9-13-7-11(17(23)20-24)5-6-15(13)19-16(22)10-21/h1-7,24H,8-10H2,(H,19,22)(H,20,23). The van der Waals surface area contributed by atoms with Gasteiger partial charge in [0.1, 0.15) is 0 Å². The Balaban J connectivity index is 1.88. The molecule has 1 aliphatic rings. The van der Waals surface area contributed by atoms with Gasteiger partial charge in [0, 0.05) is 29.4 Å². The maximum atomic E-state index is 12.1. The van der Waals surface area contributed by atoms with E-state index >= 15 is 0 Å². The first kappa shape index (κ1) is 16.4. The highest BCUT2D eigenvalue weighted by Gasteiger charge is 2.21. The topological polar surface area (TPSA) is 81.7 Å². The van der Waals surface area contributed by atoms with Crippen LogP contribution in [0, 0.1) is 0 Å². The molecule has 0 unspecified atom stereocenters. The van der Waals surface area contributed by atoms with Gasteiger partial charge in [-0.05, 0) is 35.4 Å². The highest BCUT2D eigenvalue weighted by Crippen LogP contribution is 2.25. The Bertz CT molecular complexity index is 794. The normalized spacial score (nSPS) is 14.5. The number of carbonyl (C=O) groups is 2. The minimum atomic E-state index is -0.592. The lowest BCUT2D eigenvalue weighted by molar-refractivity contribution is -0.117. The third kappa shape index (κ3) is 3.56. The number of benzene rings is 2. The third-order valence-electron chi connectivity index (χ3n) is 3.86. The van der Waals surface area contributed by atoms with Crippen LogP contribution >= 0.6 is 11.6 Å². The molecule has 0 fully saturated rings. The Hall–Kier alpha value is -2.41. The molecule has 0 aromatic heterocycles. The molecule has 2 aromatic carbocycles. The summed E-state index contributed by atoms with van der Waals surface area (Å²) in [7, 11) is 0. The number of nitrogens with zero attached hydrogens (tertiary/aromatic N) is 1. The number of anilines is 1. The molecule has 2 aromatic rings. The predicted molar refractivity (Wildman–Crippen MR) is 89.9 cm³/mol. The number of hydrogen-bond acceptors (Lipinski definition) is 4. The highest BCUT2D eigenvalue weighted by molar-refractivity contribution is 6.31. The van der Waals surface area contributed by atoms with E-state index in [4.69, 9.17) is 16.8 Å². The van der Waals surface area contributed by atoms with Gasteiger partial charge in [-0.1, -0.05) is 29.8 Å². The number of halogens is 1. The summed E-state index contributed by atoms with van der Waals surface area (Å²) in [6.07, 6.45) is 0. The zero-order chi connectivity index (χ0) is 17.1. The van der Waals surface area contributed by atoms with Crippen molar-refractivity contribution < 1.29 is 14.8 Å². The van der Waals surface area contributed by atoms with Crippen LogP contribution in [0.5, 0.6) is 0 Å². The minimum absolute atomic E-state index is 0.125. The van der Waals surface area contributed by atoms with Crippen LogP contribution in [-0.4, -0.2) is 28.5 Å². The van der Waals surface area contributed by atoms with Crippen LogP contribution < -0.4 is 10.8 Å². The van der Waals surface area contributed by atoms with Crippen molar-refractivity contribution in [1.82, 2.24) is 10.4 Å². The van der Waals surface area contributed by atoms with E-state index in [1.54, 1.807) is 23.7 Å². The molecule has 0 saturated heterocycles. The molecule has 2 amide bonds. The number of hydroxylamine groups is 1. The molecular weight excluding hydrogens is 330 g/mol. The fourth-order valence-electron chi connectivity index (χ4n) is 2.72.